The van der Waals surface area contributed by atoms with Gasteiger partial charge in [0.2, 0.25) is 5.91 Å². The number of aliphatic imine (C=N–C) groups is 1. The Kier molecular flexibility index (Phi) is 7.05. The number of hydrogen-bond donors (Lipinski definition) is 1. The van der Waals surface area contributed by atoms with Crippen LogP contribution in [0.5, 0.6) is 5.75 Å². The van der Waals surface area contributed by atoms with Crippen molar-refractivity contribution >= 4 is 34.0 Å². The van der Waals surface area contributed by atoms with Gasteiger partial charge in [-0.3, -0.25) is 14.4 Å². The number of halogens is 1. The van der Waals surface area contributed by atoms with Crippen LogP contribution in [0.2, 0.25) is 5.02 Å². The molecule has 1 atom stereocenters. The molecule has 200 valence electrons. The first-order valence-corrected chi connectivity index (χ1v) is 13.6. The lowest BCUT2D eigenvalue weighted by Crippen LogP contribution is -2.27. The van der Waals surface area contributed by atoms with Gasteiger partial charge in [-0.15, -0.1) is 10.2 Å². The zero-order chi connectivity index (χ0) is 27.6. The molecule has 1 aliphatic heterocycles. The third-order valence-corrected chi connectivity index (χ3v) is 7.43. The predicted molar refractivity (Wildman–Crippen MR) is 158 cm³/mol. The lowest BCUT2D eigenvalue weighted by atomic mass is 10.00. The van der Waals surface area contributed by atoms with Crippen LogP contribution in [0.15, 0.2) is 89.9 Å². The first-order chi connectivity index (χ1) is 19.5. The fraction of sp³-hybridized carbons (Fsp3) is 0.188. The third kappa shape index (κ3) is 5.08. The minimum Gasteiger partial charge on any atom is -0.497 e. The van der Waals surface area contributed by atoms with Gasteiger partial charge in [0.1, 0.15) is 17.6 Å². The maximum absolute atomic E-state index is 13.2. The van der Waals surface area contributed by atoms with Crippen LogP contribution in [0.1, 0.15) is 40.8 Å². The lowest BCUT2D eigenvalue weighted by molar-refractivity contribution is -0.121. The molecule has 0 spiro atoms. The maximum atomic E-state index is 13.2. The van der Waals surface area contributed by atoms with Gasteiger partial charge in [-0.05, 0) is 60.0 Å². The van der Waals surface area contributed by atoms with Crippen molar-refractivity contribution in [2.45, 2.75) is 25.8 Å². The minimum atomic E-state index is -0.536. The van der Waals surface area contributed by atoms with Crippen molar-refractivity contribution in [3.8, 4) is 11.4 Å². The molecule has 4 aromatic carbocycles. The van der Waals surface area contributed by atoms with E-state index in [4.69, 9.17) is 21.3 Å². The quantitative estimate of drug-likeness (QED) is 0.269. The maximum Gasteiger partial charge on any atom is 0.222 e. The van der Waals surface area contributed by atoms with Gasteiger partial charge in [-0.1, -0.05) is 66.2 Å². The Morgan fingerprint density at radius 3 is 2.58 bits per heavy atom. The summed E-state index contributed by atoms with van der Waals surface area (Å²) in [4.78, 5) is 18.3. The summed E-state index contributed by atoms with van der Waals surface area (Å²) in [5, 5.41) is 14.9. The van der Waals surface area contributed by atoms with Gasteiger partial charge >= 0.3 is 0 Å². The van der Waals surface area contributed by atoms with E-state index in [9.17, 15) is 4.79 Å². The van der Waals surface area contributed by atoms with Crippen LogP contribution in [0, 0.1) is 6.92 Å². The monoisotopic (exact) mass is 549 g/mol. The molecular weight excluding hydrogens is 522 g/mol. The summed E-state index contributed by atoms with van der Waals surface area (Å²) in [7, 11) is 1.64. The molecule has 40 heavy (non-hydrogen) atoms. The molecule has 6 rings (SSSR count). The van der Waals surface area contributed by atoms with Crippen molar-refractivity contribution in [1.82, 2.24) is 20.1 Å². The predicted octanol–water partition coefficient (Wildman–Crippen LogP) is 6.03. The number of rotatable bonds is 7. The van der Waals surface area contributed by atoms with Crippen molar-refractivity contribution in [3.05, 3.63) is 118 Å². The Bertz CT molecular complexity index is 1740. The molecule has 1 aromatic heterocycles. The molecule has 0 bridgehead atoms. The van der Waals surface area contributed by atoms with Crippen molar-refractivity contribution in [2.75, 3.05) is 13.7 Å². The molecule has 0 aliphatic carbocycles. The number of ether oxygens (including phenoxy) is 1. The lowest BCUT2D eigenvalue weighted by Gasteiger charge is -2.14. The van der Waals surface area contributed by atoms with E-state index in [1.54, 1.807) is 7.11 Å². The Morgan fingerprint density at radius 2 is 1.77 bits per heavy atom. The Morgan fingerprint density at radius 1 is 0.975 bits per heavy atom. The summed E-state index contributed by atoms with van der Waals surface area (Å²) in [5.74, 6) is 1.95. The number of nitrogens with one attached hydrogen (secondary N) is 1. The second-order valence-electron chi connectivity index (χ2n) is 9.81. The van der Waals surface area contributed by atoms with Crippen LogP contribution in [0.4, 0.5) is 0 Å². The van der Waals surface area contributed by atoms with Gasteiger partial charge in [0.15, 0.2) is 5.82 Å². The Labute approximate surface area is 237 Å². The van der Waals surface area contributed by atoms with Gasteiger partial charge in [0, 0.05) is 22.7 Å². The standard InChI is InChI=1S/C32H28ClN5O2/c1-20-36-37-32-28(19-30(39)34-16-15-21-7-8-22-5-3-4-6-24(22)17-21)35-31(23-9-11-25(33)12-10-23)27-18-26(40-2)13-14-29(27)38(20)32/h3-14,17-18,28H,15-16,19H2,1-2H3,(H,34,39)/t28-/m0/s1. The topological polar surface area (TPSA) is 81.4 Å². The highest BCUT2D eigenvalue weighted by Crippen LogP contribution is 2.34. The fourth-order valence-electron chi connectivity index (χ4n) is 5.17. The molecule has 2 heterocycles. The number of benzene rings is 4. The molecule has 8 heteroatoms. The molecule has 5 aromatic rings. The zero-order valence-corrected chi connectivity index (χ0v) is 23.0. The van der Waals surface area contributed by atoms with Crippen LogP contribution in [0.3, 0.4) is 0 Å². The van der Waals surface area contributed by atoms with Gasteiger partial charge in [0.05, 0.1) is 24.9 Å². The highest BCUT2D eigenvalue weighted by molar-refractivity contribution is 6.30. The number of hydrogen-bond acceptors (Lipinski definition) is 5. The summed E-state index contributed by atoms with van der Waals surface area (Å²) in [6.45, 7) is 2.43. The molecular formula is C32H28ClN5O2. The SMILES string of the molecule is COc1ccc2c(c1)C(c1ccc(Cl)cc1)=N[C@@H](CC(=O)NCCc1ccc3ccccc3c1)c1nnc(C)n1-2. The number of carbonyl (C=O) groups is 1. The summed E-state index contributed by atoms with van der Waals surface area (Å²) in [6.07, 6.45) is 0.874. The number of methoxy groups -OCH3 is 1. The van der Waals surface area contributed by atoms with Crippen LogP contribution in [-0.4, -0.2) is 40.0 Å². The van der Waals surface area contributed by atoms with E-state index in [1.807, 2.05) is 66.1 Å². The van der Waals surface area contributed by atoms with Crippen molar-refractivity contribution in [3.63, 3.8) is 0 Å². The first-order valence-electron chi connectivity index (χ1n) is 13.2. The second kappa shape index (κ2) is 10.9. The average Bonchev–Trinajstić information content (AvgIpc) is 3.30. The van der Waals surface area contributed by atoms with Gasteiger partial charge in [0.25, 0.3) is 0 Å². The zero-order valence-electron chi connectivity index (χ0n) is 22.3. The number of fused-ring (bicyclic) bond motifs is 4. The summed E-state index contributed by atoms with van der Waals surface area (Å²) in [5.41, 5.74) is 4.55. The summed E-state index contributed by atoms with van der Waals surface area (Å²) < 4.78 is 7.52. The third-order valence-electron chi connectivity index (χ3n) is 7.18. The smallest absolute Gasteiger partial charge is 0.222 e. The van der Waals surface area contributed by atoms with E-state index in [-0.39, 0.29) is 12.3 Å². The number of carbonyl (C=O) groups excluding carboxylic acids is 1. The number of amides is 1. The average molecular weight is 550 g/mol. The summed E-state index contributed by atoms with van der Waals surface area (Å²) >= 11 is 6.19. The van der Waals surface area contributed by atoms with Crippen LogP contribution < -0.4 is 10.1 Å². The molecule has 0 saturated carbocycles. The molecule has 1 aliphatic rings. The van der Waals surface area contributed by atoms with E-state index in [0.717, 1.165) is 34.8 Å². The molecule has 0 fully saturated rings. The van der Waals surface area contributed by atoms with Crippen molar-refractivity contribution in [2.24, 2.45) is 4.99 Å². The Hall–Kier alpha value is -4.49. The van der Waals surface area contributed by atoms with Gasteiger partial charge in [-0.2, -0.15) is 0 Å². The summed E-state index contributed by atoms with van der Waals surface area (Å²) in [6, 6.07) is 27.5. The minimum absolute atomic E-state index is 0.0965. The van der Waals surface area contributed by atoms with Crippen molar-refractivity contribution in [1.29, 1.82) is 0 Å². The van der Waals surface area contributed by atoms with E-state index in [0.29, 0.717) is 23.1 Å². The highest BCUT2D eigenvalue weighted by Gasteiger charge is 2.30. The second-order valence-corrected chi connectivity index (χ2v) is 10.2. The van der Waals surface area contributed by atoms with E-state index < -0.39 is 6.04 Å². The number of nitrogens with zero attached hydrogens (tertiary/aromatic N) is 4. The largest absolute Gasteiger partial charge is 0.497 e. The molecule has 1 N–H and O–H groups in total. The number of aryl methyl sites for hydroxylation is 1. The van der Waals surface area contributed by atoms with Gasteiger partial charge < -0.3 is 10.1 Å². The van der Waals surface area contributed by atoms with E-state index in [1.165, 1.54) is 16.3 Å². The normalized spacial score (nSPS) is 14.2. The van der Waals surface area contributed by atoms with Crippen molar-refractivity contribution < 1.29 is 9.53 Å². The Balaban J connectivity index is 1.29. The van der Waals surface area contributed by atoms with Crippen LogP contribution in [0.25, 0.3) is 16.5 Å². The highest BCUT2D eigenvalue weighted by atomic mass is 35.5. The van der Waals surface area contributed by atoms with Crippen LogP contribution in [-0.2, 0) is 11.2 Å². The molecule has 7 nitrogen and oxygen atoms in total. The van der Waals surface area contributed by atoms with E-state index >= 15 is 0 Å². The fourth-order valence-corrected chi connectivity index (χ4v) is 5.29. The van der Waals surface area contributed by atoms with Gasteiger partial charge in [-0.25, -0.2) is 0 Å². The first kappa shape index (κ1) is 25.8. The molecule has 0 saturated heterocycles. The molecule has 1 amide bonds. The molecule has 0 unspecified atom stereocenters. The number of aromatic nitrogens is 3. The van der Waals surface area contributed by atoms with Crippen LogP contribution >= 0.6 is 11.6 Å². The van der Waals surface area contributed by atoms with E-state index in [2.05, 4.69) is 45.8 Å². The molecule has 0 radical (unpaired) electrons.